The zero-order chi connectivity index (χ0) is 11.4. The van der Waals surface area contributed by atoms with Crippen molar-refractivity contribution < 1.29 is 0 Å². The standard InChI is InChI=1S/C10H14N6/c1-8(5-16-3-2-12-7-16)15-10-4-9(11)13-6-14-10/h2-4,6-8H,5H2,1H3,(H3,11,13,14,15). The lowest BCUT2D eigenvalue weighted by atomic mass is 10.3. The number of hydrogen-bond donors (Lipinski definition) is 2. The number of nitrogens with zero attached hydrogens (tertiary/aromatic N) is 4. The molecule has 0 fully saturated rings. The maximum absolute atomic E-state index is 5.56. The molecule has 6 nitrogen and oxygen atoms in total. The SMILES string of the molecule is CC(Cn1ccnc1)Nc1cc(N)ncn1. The van der Waals surface area contributed by atoms with E-state index in [1.54, 1.807) is 18.6 Å². The maximum atomic E-state index is 5.56. The monoisotopic (exact) mass is 218 g/mol. The minimum Gasteiger partial charge on any atom is -0.384 e. The lowest BCUT2D eigenvalue weighted by Gasteiger charge is -2.14. The van der Waals surface area contributed by atoms with E-state index in [4.69, 9.17) is 5.73 Å². The third kappa shape index (κ3) is 2.69. The molecule has 3 N–H and O–H groups in total. The Kier molecular flexibility index (Phi) is 3.00. The Labute approximate surface area is 93.6 Å². The average molecular weight is 218 g/mol. The second-order valence-electron chi connectivity index (χ2n) is 3.63. The molecule has 2 aromatic heterocycles. The predicted molar refractivity (Wildman–Crippen MR) is 61.8 cm³/mol. The van der Waals surface area contributed by atoms with Crippen molar-refractivity contribution in [2.75, 3.05) is 11.1 Å². The number of nitrogens with one attached hydrogen (secondary N) is 1. The van der Waals surface area contributed by atoms with Gasteiger partial charge in [0.1, 0.15) is 18.0 Å². The van der Waals surface area contributed by atoms with Crippen LogP contribution in [0.3, 0.4) is 0 Å². The van der Waals surface area contributed by atoms with Gasteiger partial charge >= 0.3 is 0 Å². The van der Waals surface area contributed by atoms with E-state index in [1.165, 1.54) is 6.33 Å². The van der Waals surface area contributed by atoms with Crippen LogP contribution in [0.4, 0.5) is 11.6 Å². The normalized spacial score (nSPS) is 12.3. The van der Waals surface area contributed by atoms with Gasteiger partial charge in [0.25, 0.3) is 0 Å². The third-order valence-corrected chi connectivity index (χ3v) is 2.13. The van der Waals surface area contributed by atoms with Crippen molar-refractivity contribution >= 4 is 11.6 Å². The van der Waals surface area contributed by atoms with Gasteiger partial charge in [-0.25, -0.2) is 15.0 Å². The molecule has 0 spiro atoms. The van der Waals surface area contributed by atoms with E-state index in [0.29, 0.717) is 5.82 Å². The molecule has 0 aliphatic rings. The van der Waals surface area contributed by atoms with Gasteiger partial charge in [-0.1, -0.05) is 0 Å². The Morgan fingerprint density at radius 3 is 3.06 bits per heavy atom. The van der Waals surface area contributed by atoms with Crippen molar-refractivity contribution in [3.8, 4) is 0 Å². The van der Waals surface area contributed by atoms with Gasteiger partial charge in [0, 0.05) is 31.0 Å². The van der Waals surface area contributed by atoms with E-state index in [-0.39, 0.29) is 6.04 Å². The van der Waals surface area contributed by atoms with Crippen molar-refractivity contribution in [2.24, 2.45) is 0 Å². The van der Waals surface area contributed by atoms with Crippen LogP contribution in [-0.2, 0) is 6.54 Å². The van der Waals surface area contributed by atoms with E-state index < -0.39 is 0 Å². The summed E-state index contributed by atoms with van der Waals surface area (Å²) in [5.74, 6) is 1.20. The van der Waals surface area contributed by atoms with Crippen LogP contribution in [0, 0.1) is 0 Å². The van der Waals surface area contributed by atoms with E-state index >= 15 is 0 Å². The summed E-state index contributed by atoms with van der Waals surface area (Å²) in [5.41, 5.74) is 5.56. The molecule has 0 amide bonds. The van der Waals surface area contributed by atoms with Crippen LogP contribution in [0.25, 0.3) is 0 Å². The van der Waals surface area contributed by atoms with E-state index in [0.717, 1.165) is 12.4 Å². The van der Waals surface area contributed by atoms with Gasteiger partial charge in [0.2, 0.25) is 0 Å². The molecule has 0 aliphatic heterocycles. The number of nitrogens with two attached hydrogens (primary N) is 1. The summed E-state index contributed by atoms with van der Waals surface area (Å²) >= 11 is 0. The van der Waals surface area contributed by atoms with Crippen LogP contribution in [0.5, 0.6) is 0 Å². The highest BCUT2D eigenvalue weighted by molar-refractivity contribution is 5.43. The molecule has 2 heterocycles. The first-order chi connectivity index (χ1) is 7.74. The zero-order valence-electron chi connectivity index (χ0n) is 9.04. The van der Waals surface area contributed by atoms with Gasteiger partial charge in [-0.05, 0) is 6.92 Å². The number of imidazole rings is 1. The minimum absolute atomic E-state index is 0.239. The fourth-order valence-electron chi connectivity index (χ4n) is 1.46. The van der Waals surface area contributed by atoms with E-state index in [2.05, 4.69) is 27.2 Å². The minimum atomic E-state index is 0.239. The van der Waals surface area contributed by atoms with Crippen molar-refractivity contribution in [3.63, 3.8) is 0 Å². The maximum Gasteiger partial charge on any atom is 0.131 e. The predicted octanol–water partition coefficient (Wildman–Crippen LogP) is 0.756. The van der Waals surface area contributed by atoms with Crippen LogP contribution in [0.15, 0.2) is 31.1 Å². The van der Waals surface area contributed by atoms with Crippen LogP contribution < -0.4 is 11.1 Å². The highest BCUT2D eigenvalue weighted by Crippen LogP contribution is 2.07. The number of nitrogen functional groups attached to an aromatic ring is 1. The summed E-state index contributed by atoms with van der Waals surface area (Å²) in [7, 11) is 0. The molecule has 2 aromatic rings. The number of anilines is 2. The van der Waals surface area contributed by atoms with Crippen molar-refractivity contribution in [2.45, 2.75) is 19.5 Å². The molecule has 0 radical (unpaired) electrons. The number of rotatable bonds is 4. The average Bonchev–Trinajstić information content (AvgIpc) is 2.70. The second-order valence-corrected chi connectivity index (χ2v) is 3.63. The molecule has 16 heavy (non-hydrogen) atoms. The molecular formula is C10H14N6. The quantitative estimate of drug-likeness (QED) is 0.791. The van der Waals surface area contributed by atoms with Crippen molar-refractivity contribution in [1.29, 1.82) is 0 Å². The van der Waals surface area contributed by atoms with Gasteiger partial charge in [0.05, 0.1) is 6.33 Å². The van der Waals surface area contributed by atoms with Crippen LogP contribution in [0.1, 0.15) is 6.92 Å². The first-order valence-electron chi connectivity index (χ1n) is 5.04. The highest BCUT2D eigenvalue weighted by atomic mass is 15.1. The molecule has 0 saturated carbocycles. The molecular weight excluding hydrogens is 204 g/mol. The summed E-state index contributed by atoms with van der Waals surface area (Å²) in [6.07, 6.45) is 6.91. The molecule has 84 valence electrons. The molecule has 1 atom stereocenters. The largest absolute Gasteiger partial charge is 0.384 e. The van der Waals surface area contributed by atoms with E-state index in [9.17, 15) is 0 Å². The lowest BCUT2D eigenvalue weighted by molar-refractivity contribution is 0.617. The molecule has 6 heteroatoms. The van der Waals surface area contributed by atoms with Gasteiger partial charge < -0.3 is 15.6 Å². The molecule has 0 aliphatic carbocycles. The Bertz CT molecular complexity index is 438. The van der Waals surface area contributed by atoms with Gasteiger partial charge in [-0.2, -0.15) is 0 Å². The van der Waals surface area contributed by atoms with Gasteiger partial charge in [-0.3, -0.25) is 0 Å². The highest BCUT2D eigenvalue weighted by Gasteiger charge is 2.03. The molecule has 2 rings (SSSR count). The van der Waals surface area contributed by atoms with Crippen LogP contribution >= 0.6 is 0 Å². The first-order valence-corrected chi connectivity index (χ1v) is 5.04. The fourth-order valence-corrected chi connectivity index (χ4v) is 1.46. The Balaban J connectivity index is 1.94. The van der Waals surface area contributed by atoms with Crippen molar-refractivity contribution in [1.82, 2.24) is 19.5 Å². The lowest BCUT2D eigenvalue weighted by Crippen LogP contribution is -2.22. The summed E-state index contributed by atoms with van der Waals surface area (Å²) in [4.78, 5) is 11.9. The van der Waals surface area contributed by atoms with Gasteiger partial charge in [-0.15, -0.1) is 0 Å². The zero-order valence-corrected chi connectivity index (χ0v) is 9.04. The van der Waals surface area contributed by atoms with Crippen molar-refractivity contribution in [3.05, 3.63) is 31.1 Å². The molecule has 0 aromatic carbocycles. The topological polar surface area (TPSA) is 81.7 Å². The Morgan fingerprint density at radius 1 is 1.50 bits per heavy atom. The van der Waals surface area contributed by atoms with Crippen LogP contribution in [-0.4, -0.2) is 25.6 Å². The summed E-state index contributed by atoms with van der Waals surface area (Å²) < 4.78 is 2.00. The first kappa shape index (κ1) is 10.4. The molecule has 1 unspecified atom stereocenters. The number of aromatic nitrogens is 4. The number of hydrogen-bond acceptors (Lipinski definition) is 5. The molecule has 0 bridgehead atoms. The van der Waals surface area contributed by atoms with Crippen LogP contribution in [0.2, 0.25) is 0 Å². The fraction of sp³-hybridized carbons (Fsp3) is 0.300. The summed E-state index contributed by atoms with van der Waals surface area (Å²) in [6.45, 7) is 2.89. The molecule has 0 saturated heterocycles. The Hall–Kier alpha value is -2.11. The Morgan fingerprint density at radius 2 is 2.38 bits per heavy atom. The summed E-state index contributed by atoms with van der Waals surface area (Å²) in [6, 6.07) is 1.95. The second kappa shape index (κ2) is 4.61. The van der Waals surface area contributed by atoms with Gasteiger partial charge in [0.15, 0.2) is 0 Å². The van der Waals surface area contributed by atoms with E-state index in [1.807, 2.05) is 10.8 Å². The third-order valence-electron chi connectivity index (χ3n) is 2.13. The summed E-state index contributed by atoms with van der Waals surface area (Å²) in [5, 5.41) is 3.24. The smallest absolute Gasteiger partial charge is 0.131 e.